The Labute approximate surface area is 211 Å². The molecule has 0 aromatic heterocycles. The first-order valence-electron chi connectivity index (χ1n) is 11.4. The Morgan fingerprint density at radius 1 is 0.946 bits per heavy atom. The standard InChI is InChI=1S/C21H28N4O12/c1-2-7-33-8-9-34-10-11-35-12-13-36-20(21(28)37-23-18(26)5-6-19(23)27)22-16-4-3-15(24(29)30)14-17(16)25(31)32/h3-4,14,20,22H,2,5-13H2,1H3. The average molecular weight is 528 g/mol. The number of hydrogen-bond acceptors (Lipinski definition) is 13. The van der Waals surface area contributed by atoms with Gasteiger partial charge in [-0.2, -0.15) is 0 Å². The molecular weight excluding hydrogens is 500 g/mol. The van der Waals surface area contributed by atoms with E-state index < -0.39 is 45.2 Å². The van der Waals surface area contributed by atoms with E-state index in [1.54, 1.807) is 0 Å². The van der Waals surface area contributed by atoms with Crippen molar-refractivity contribution in [2.24, 2.45) is 0 Å². The van der Waals surface area contributed by atoms with E-state index in [2.05, 4.69) is 5.32 Å². The van der Waals surface area contributed by atoms with Crippen LogP contribution >= 0.6 is 0 Å². The van der Waals surface area contributed by atoms with Gasteiger partial charge >= 0.3 is 5.97 Å². The van der Waals surface area contributed by atoms with Gasteiger partial charge in [-0.25, -0.2) is 4.79 Å². The number of imide groups is 1. The van der Waals surface area contributed by atoms with Crippen molar-refractivity contribution in [3.8, 4) is 0 Å². The fourth-order valence-electron chi connectivity index (χ4n) is 2.92. The van der Waals surface area contributed by atoms with Crippen molar-refractivity contribution in [3.05, 3.63) is 38.4 Å². The predicted octanol–water partition coefficient (Wildman–Crippen LogP) is 1.32. The van der Waals surface area contributed by atoms with Gasteiger partial charge in [-0.1, -0.05) is 6.92 Å². The van der Waals surface area contributed by atoms with Crippen molar-refractivity contribution >= 4 is 34.8 Å². The van der Waals surface area contributed by atoms with Crippen LogP contribution in [0.3, 0.4) is 0 Å². The van der Waals surface area contributed by atoms with Crippen molar-refractivity contribution < 1.29 is 48.0 Å². The Morgan fingerprint density at radius 3 is 2.05 bits per heavy atom. The lowest BCUT2D eigenvalue weighted by Gasteiger charge is -2.21. The van der Waals surface area contributed by atoms with Crippen LogP contribution in [0, 0.1) is 20.2 Å². The molecule has 16 heteroatoms. The molecule has 1 atom stereocenters. The van der Waals surface area contributed by atoms with Crippen molar-refractivity contribution in [1.82, 2.24) is 5.06 Å². The Kier molecular flexibility index (Phi) is 12.3. The van der Waals surface area contributed by atoms with Gasteiger partial charge in [-0.15, -0.1) is 5.06 Å². The Bertz CT molecular complexity index is 957. The highest BCUT2D eigenvalue weighted by atomic mass is 16.7. The van der Waals surface area contributed by atoms with Gasteiger partial charge in [0.15, 0.2) is 0 Å². The van der Waals surface area contributed by atoms with Crippen LogP contribution < -0.4 is 5.32 Å². The molecule has 37 heavy (non-hydrogen) atoms. The van der Waals surface area contributed by atoms with Crippen LogP contribution in [0.4, 0.5) is 17.1 Å². The van der Waals surface area contributed by atoms with Gasteiger partial charge in [-0.3, -0.25) is 29.8 Å². The van der Waals surface area contributed by atoms with E-state index in [0.29, 0.717) is 31.0 Å². The first-order valence-corrected chi connectivity index (χ1v) is 11.4. The van der Waals surface area contributed by atoms with E-state index in [4.69, 9.17) is 23.8 Å². The number of nitrogens with zero attached hydrogens (tertiary/aromatic N) is 3. The number of nitro benzene ring substituents is 2. The molecule has 0 spiro atoms. The number of carbonyl (C=O) groups is 3. The molecule has 1 aliphatic rings. The molecule has 204 valence electrons. The summed E-state index contributed by atoms with van der Waals surface area (Å²) >= 11 is 0. The van der Waals surface area contributed by atoms with Gasteiger partial charge in [0.1, 0.15) is 5.69 Å². The molecule has 1 unspecified atom stereocenters. The molecule has 1 aromatic carbocycles. The summed E-state index contributed by atoms with van der Waals surface area (Å²) < 4.78 is 21.3. The highest BCUT2D eigenvalue weighted by molar-refractivity contribution is 6.01. The molecule has 1 aliphatic heterocycles. The molecule has 2 rings (SSSR count). The number of nitro groups is 2. The van der Waals surface area contributed by atoms with Crippen molar-refractivity contribution in [2.75, 3.05) is 51.6 Å². The minimum absolute atomic E-state index is 0.00884. The average Bonchev–Trinajstić information content (AvgIpc) is 3.18. The highest BCUT2D eigenvalue weighted by Crippen LogP contribution is 2.29. The number of hydroxylamine groups is 2. The second-order valence-electron chi connectivity index (χ2n) is 7.44. The van der Waals surface area contributed by atoms with Crippen LogP contribution in [0.15, 0.2) is 18.2 Å². The third-order valence-corrected chi connectivity index (χ3v) is 4.68. The zero-order valence-corrected chi connectivity index (χ0v) is 20.1. The molecule has 1 fully saturated rings. The lowest BCUT2D eigenvalue weighted by atomic mass is 10.2. The largest absolute Gasteiger partial charge is 0.382 e. The zero-order chi connectivity index (χ0) is 27.2. The van der Waals surface area contributed by atoms with Crippen LogP contribution in [0.25, 0.3) is 0 Å². The summed E-state index contributed by atoms with van der Waals surface area (Å²) in [4.78, 5) is 61.7. The summed E-state index contributed by atoms with van der Waals surface area (Å²) in [5.74, 6) is -2.71. The van der Waals surface area contributed by atoms with E-state index in [9.17, 15) is 34.6 Å². The number of nitrogens with one attached hydrogen (secondary N) is 1. The maximum atomic E-state index is 12.7. The normalized spacial score (nSPS) is 14.0. The van der Waals surface area contributed by atoms with Crippen LogP contribution in [0.2, 0.25) is 0 Å². The molecule has 1 N–H and O–H groups in total. The van der Waals surface area contributed by atoms with Crippen molar-refractivity contribution in [2.45, 2.75) is 32.4 Å². The van der Waals surface area contributed by atoms with Gasteiger partial charge in [0.2, 0.25) is 6.23 Å². The topological polar surface area (TPSA) is 199 Å². The highest BCUT2D eigenvalue weighted by Gasteiger charge is 2.36. The number of non-ortho nitro benzene ring substituents is 1. The molecule has 0 saturated carbocycles. The fraction of sp³-hybridized carbons (Fsp3) is 0.571. The predicted molar refractivity (Wildman–Crippen MR) is 123 cm³/mol. The molecule has 1 saturated heterocycles. The fourth-order valence-corrected chi connectivity index (χ4v) is 2.92. The molecule has 0 aliphatic carbocycles. The third kappa shape index (κ3) is 9.68. The molecule has 2 amide bonds. The smallest absolute Gasteiger partial charge is 0.379 e. The lowest BCUT2D eigenvalue weighted by molar-refractivity contribution is -0.393. The molecule has 1 aromatic rings. The van der Waals surface area contributed by atoms with Crippen LogP contribution in [-0.4, -0.2) is 85.2 Å². The van der Waals surface area contributed by atoms with E-state index in [-0.39, 0.29) is 45.0 Å². The monoisotopic (exact) mass is 528 g/mol. The first kappa shape index (κ1) is 29.5. The maximum absolute atomic E-state index is 12.7. The number of hydrogen-bond donors (Lipinski definition) is 1. The number of benzene rings is 1. The van der Waals surface area contributed by atoms with Gasteiger partial charge in [0, 0.05) is 25.5 Å². The second kappa shape index (κ2) is 15.4. The number of carbonyl (C=O) groups excluding carboxylic acids is 3. The van der Waals surface area contributed by atoms with Crippen molar-refractivity contribution in [1.29, 1.82) is 0 Å². The molecule has 16 nitrogen and oxygen atoms in total. The number of anilines is 1. The zero-order valence-electron chi connectivity index (χ0n) is 20.1. The van der Waals surface area contributed by atoms with E-state index >= 15 is 0 Å². The van der Waals surface area contributed by atoms with Gasteiger partial charge < -0.3 is 29.1 Å². The molecule has 0 radical (unpaired) electrons. The van der Waals surface area contributed by atoms with Gasteiger partial charge in [-0.05, 0) is 12.5 Å². The first-order chi connectivity index (χ1) is 17.7. The number of rotatable bonds is 18. The second-order valence-corrected chi connectivity index (χ2v) is 7.44. The number of amides is 2. The molecule has 1 heterocycles. The van der Waals surface area contributed by atoms with E-state index in [0.717, 1.165) is 18.6 Å². The maximum Gasteiger partial charge on any atom is 0.382 e. The minimum Gasteiger partial charge on any atom is -0.379 e. The summed E-state index contributed by atoms with van der Waals surface area (Å²) in [6, 6.07) is 2.71. The molecular formula is C21H28N4O12. The Balaban J connectivity index is 1.97. The summed E-state index contributed by atoms with van der Waals surface area (Å²) in [6.07, 6.45) is -1.09. The van der Waals surface area contributed by atoms with E-state index in [1.165, 1.54) is 0 Å². The van der Waals surface area contributed by atoms with Gasteiger partial charge in [0.05, 0.1) is 55.6 Å². The summed E-state index contributed by atoms with van der Waals surface area (Å²) in [5.41, 5.74) is -1.55. The summed E-state index contributed by atoms with van der Waals surface area (Å²) in [7, 11) is 0. The van der Waals surface area contributed by atoms with Gasteiger partial charge in [0.25, 0.3) is 23.2 Å². The Morgan fingerprint density at radius 2 is 1.51 bits per heavy atom. The summed E-state index contributed by atoms with van der Waals surface area (Å²) in [5, 5.41) is 25.1. The summed E-state index contributed by atoms with van der Waals surface area (Å²) in [6.45, 7) is 3.80. The lowest BCUT2D eigenvalue weighted by Crippen LogP contribution is -2.41. The van der Waals surface area contributed by atoms with Crippen LogP contribution in [0.5, 0.6) is 0 Å². The SMILES string of the molecule is CCCOCCOCCOCCOC(Nc1ccc([N+](=O)[O-])cc1[N+](=O)[O-])C(=O)ON1C(=O)CCC1=O. The van der Waals surface area contributed by atoms with Crippen LogP contribution in [-0.2, 0) is 38.2 Å². The molecule has 0 bridgehead atoms. The van der Waals surface area contributed by atoms with Crippen LogP contribution in [0.1, 0.15) is 26.2 Å². The Hall–Kier alpha value is -3.73. The third-order valence-electron chi connectivity index (χ3n) is 4.68. The van der Waals surface area contributed by atoms with Crippen molar-refractivity contribution in [3.63, 3.8) is 0 Å². The quantitative estimate of drug-likeness (QED) is 0.0941. The van der Waals surface area contributed by atoms with E-state index in [1.807, 2.05) is 6.92 Å². The minimum atomic E-state index is -1.73. The number of ether oxygens (including phenoxy) is 4.